The number of hydrogen-bond acceptors (Lipinski definition) is 4. The zero-order valence-electron chi connectivity index (χ0n) is 13.6. The minimum atomic E-state index is 0. The standard InChI is InChI=1S/C17H24N4S.ClH/c1-20-11-14(16(19-20)15-3-2-10-22-15)12-21-9-6-17(13-21)4-7-18-8-5-17;/h2-3,10-11,18H,4-9,12-13H2,1H3;1H. The van der Waals surface area contributed by atoms with Gasteiger partial charge in [-0.25, -0.2) is 0 Å². The Hall–Kier alpha value is -0.880. The number of nitrogens with zero attached hydrogens (tertiary/aromatic N) is 3. The summed E-state index contributed by atoms with van der Waals surface area (Å²) < 4.78 is 1.96. The summed E-state index contributed by atoms with van der Waals surface area (Å²) >= 11 is 1.78. The monoisotopic (exact) mass is 352 g/mol. The van der Waals surface area contributed by atoms with Crippen LogP contribution in [0.15, 0.2) is 23.7 Å². The van der Waals surface area contributed by atoms with Gasteiger partial charge in [0.15, 0.2) is 0 Å². The van der Waals surface area contributed by atoms with E-state index in [1.165, 1.54) is 61.6 Å². The molecule has 4 heterocycles. The number of rotatable bonds is 3. The second-order valence-electron chi connectivity index (χ2n) is 6.86. The Morgan fingerprint density at radius 1 is 1.30 bits per heavy atom. The summed E-state index contributed by atoms with van der Waals surface area (Å²) in [6.07, 6.45) is 6.24. The second-order valence-corrected chi connectivity index (χ2v) is 7.81. The van der Waals surface area contributed by atoms with Crippen LogP contribution in [0.4, 0.5) is 0 Å². The number of likely N-dealkylation sites (tertiary alicyclic amines) is 1. The maximum Gasteiger partial charge on any atom is 0.107 e. The molecule has 126 valence electrons. The highest BCUT2D eigenvalue weighted by molar-refractivity contribution is 7.13. The lowest BCUT2D eigenvalue weighted by atomic mass is 9.78. The number of piperidine rings is 1. The number of hydrogen-bond donors (Lipinski definition) is 1. The molecule has 4 nitrogen and oxygen atoms in total. The van der Waals surface area contributed by atoms with Gasteiger partial charge in [0.1, 0.15) is 5.69 Å². The lowest BCUT2D eigenvalue weighted by Gasteiger charge is -2.33. The summed E-state index contributed by atoms with van der Waals surface area (Å²) in [5.74, 6) is 0. The summed E-state index contributed by atoms with van der Waals surface area (Å²) in [7, 11) is 2.03. The number of thiophene rings is 1. The predicted octanol–water partition coefficient (Wildman–Crippen LogP) is 3.15. The quantitative estimate of drug-likeness (QED) is 0.921. The molecule has 0 aliphatic carbocycles. The minimum absolute atomic E-state index is 0. The summed E-state index contributed by atoms with van der Waals surface area (Å²) in [5, 5.41) is 10.3. The highest BCUT2D eigenvalue weighted by Crippen LogP contribution is 2.39. The SMILES string of the molecule is Cl.Cn1cc(CN2CCC3(CCNCC3)C2)c(-c2cccs2)n1. The Morgan fingerprint density at radius 3 is 2.87 bits per heavy atom. The molecule has 0 bridgehead atoms. The van der Waals surface area contributed by atoms with E-state index in [1.807, 2.05) is 11.7 Å². The number of nitrogens with one attached hydrogen (secondary N) is 1. The molecule has 0 atom stereocenters. The molecular formula is C17H25ClN4S. The number of aromatic nitrogens is 2. The van der Waals surface area contributed by atoms with Crippen LogP contribution in [-0.4, -0.2) is 40.9 Å². The van der Waals surface area contributed by atoms with Crippen molar-refractivity contribution >= 4 is 23.7 Å². The maximum atomic E-state index is 4.69. The molecule has 2 aliphatic rings. The van der Waals surface area contributed by atoms with Gasteiger partial charge in [0, 0.05) is 31.9 Å². The van der Waals surface area contributed by atoms with Crippen molar-refractivity contribution in [3.8, 4) is 10.6 Å². The van der Waals surface area contributed by atoms with Crippen molar-refractivity contribution in [1.29, 1.82) is 0 Å². The molecule has 2 aliphatic heterocycles. The lowest BCUT2D eigenvalue weighted by molar-refractivity contribution is 0.194. The van der Waals surface area contributed by atoms with Crippen LogP contribution in [0, 0.1) is 5.41 Å². The van der Waals surface area contributed by atoms with Crippen molar-refractivity contribution in [2.24, 2.45) is 12.5 Å². The molecule has 0 saturated carbocycles. The van der Waals surface area contributed by atoms with Crippen LogP contribution in [0.5, 0.6) is 0 Å². The van der Waals surface area contributed by atoms with Gasteiger partial charge in [-0.1, -0.05) is 6.07 Å². The van der Waals surface area contributed by atoms with E-state index in [0.717, 1.165) is 6.54 Å². The van der Waals surface area contributed by atoms with Crippen molar-refractivity contribution in [2.75, 3.05) is 26.2 Å². The van der Waals surface area contributed by atoms with Crippen molar-refractivity contribution in [3.05, 3.63) is 29.3 Å². The van der Waals surface area contributed by atoms with Gasteiger partial charge in [-0.15, -0.1) is 23.7 Å². The summed E-state index contributed by atoms with van der Waals surface area (Å²) in [4.78, 5) is 3.92. The Balaban J connectivity index is 0.00000156. The first kappa shape index (κ1) is 17.0. The smallest absolute Gasteiger partial charge is 0.107 e. The molecule has 2 aromatic rings. The van der Waals surface area contributed by atoms with Crippen molar-refractivity contribution in [1.82, 2.24) is 20.0 Å². The fraction of sp³-hybridized carbons (Fsp3) is 0.588. The van der Waals surface area contributed by atoms with E-state index in [-0.39, 0.29) is 12.4 Å². The van der Waals surface area contributed by atoms with Gasteiger partial charge >= 0.3 is 0 Å². The Labute approximate surface area is 148 Å². The van der Waals surface area contributed by atoms with Crippen LogP contribution in [0.25, 0.3) is 10.6 Å². The van der Waals surface area contributed by atoms with Gasteiger partial charge in [0.05, 0.1) is 4.88 Å². The molecule has 1 N–H and O–H groups in total. The van der Waals surface area contributed by atoms with Crippen LogP contribution in [0.3, 0.4) is 0 Å². The highest BCUT2D eigenvalue weighted by Gasteiger charge is 2.38. The van der Waals surface area contributed by atoms with E-state index < -0.39 is 0 Å². The molecule has 2 aromatic heterocycles. The molecular weight excluding hydrogens is 328 g/mol. The molecule has 0 amide bonds. The molecule has 1 spiro atoms. The topological polar surface area (TPSA) is 33.1 Å². The molecule has 23 heavy (non-hydrogen) atoms. The van der Waals surface area contributed by atoms with Crippen LogP contribution >= 0.6 is 23.7 Å². The average Bonchev–Trinajstić information content (AvgIpc) is 3.22. The second kappa shape index (κ2) is 6.93. The fourth-order valence-corrected chi connectivity index (χ4v) is 4.79. The molecule has 4 rings (SSSR count). The number of halogens is 1. The van der Waals surface area contributed by atoms with Gasteiger partial charge in [0.25, 0.3) is 0 Å². The minimum Gasteiger partial charge on any atom is -0.317 e. The van der Waals surface area contributed by atoms with Crippen LogP contribution in [-0.2, 0) is 13.6 Å². The molecule has 6 heteroatoms. The third kappa shape index (κ3) is 3.48. The summed E-state index contributed by atoms with van der Waals surface area (Å²) in [5.41, 5.74) is 3.12. The van der Waals surface area contributed by atoms with Gasteiger partial charge in [-0.2, -0.15) is 5.10 Å². The van der Waals surface area contributed by atoms with Crippen molar-refractivity contribution in [3.63, 3.8) is 0 Å². The van der Waals surface area contributed by atoms with Gasteiger partial charge < -0.3 is 5.32 Å². The first-order chi connectivity index (χ1) is 10.7. The van der Waals surface area contributed by atoms with E-state index in [9.17, 15) is 0 Å². The van der Waals surface area contributed by atoms with Crippen molar-refractivity contribution < 1.29 is 0 Å². The fourth-order valence-electron chi connectivity index (χ4n) is 4.04. The molecule has 2 saturated heterocycles. The Bertz CT molecular complexity index is 631. The third-order valence-electron chi connectivity index (χ3n) is 5.23. The van der Waals surface area contributed by atoms with Gasteiger partial charge in [-0.3, -0.25) is 9.58 Å². The molecule has 2 fully saturated rings. The largest absolute Gasteiger partial charge is 0.317 e. The Morgan fingerprint density at radius 2 is 2.13 bits per heavy atom. The van der Waals surface area contributed by atoms with E-state index in [2.05, 4.69) is 39.0 Å². The van der Waals surface area contributed by atoms with E-state index in [0.29, 0.717) is 5.41 Å². The normalized spacial score (nSPS) is 20.7. The Kier molecular flexibility index (Phi) is 5.11. The van der Waals surface area contributed by atoms with Crippen molar-refractivity contribution in [2.45, 2.75) is 25.8 Å². The van der Waals surface area contributed by atoms with E-state index in [4.69, 9.17) is 0 Å². The molecule has 0 radical (unpaired) electrons. The third-order valence-corrected chi connectivity index (χ3v) is 6.11. The van der Waals surface area contributed by atoms with E-state index in [1.54, 1.807) is 11.3 Å². The molecule has 0 aromatic carbocycles. The number of aryl methyl sites for hydroxylation is 1. The van der Waals surface area contributed by atoms with Crippen LogP contribution < -0.4 is 5.32 Å². The average molecular weight is 353 g/mol. The summed E-state index contributed by atoms with van der Waals surface area (Å²) in [6, 6.07) is 4.28. The lowest BCUT2D eigenvalue weighted by Crippen LogP contribution is -2.38. The summed E-state index contributed by atoms with van der Waals surface area (Å²) in [6.45, 7) is 5.92. The van der Waals surface area contributed by atoms with E-state index >= 15 is 0 Å². The zero-order chi connectivity index (χ0) is 15.0. The van der Waals surface area contributed by atoms with Crippen LogP contribution in [0.1, 0.15) is 24.8 Å². The zero-order valence-corrected chi connectivity index (χ0v) is 15.3. The van der Waals surface area contributed by atoms with Gasteiger partial charge in [0.2, 0.25) is 0 Å². The first-order valence-corrected chi connectivity index (χ1v) is 9.12. The van der Waals surface area contributed by atoms with Crippen LogP contribution in [0.2, 0.25) is 0 Å². The molecule has 0 unspecified atom stereocenters. The van der Waals surface area contributed by atoms with Gasteiger partial charge in [-0.05, 0) is 55.8 Å². The predicted molar refractivity (Wildman–Crippen MR) is 98.2 cm³/mol. The highest BCUT2D eigenvalue weighted by atomic mass is 35.5. The first-order valence-electron chi connectivity index (χ1n) is 8.24. The maximum absolute atomic E-state index is 4.69.